The summed E-state index contributed by atoms with van der Waals surface area (Å²) in [4.78, 5) is 24.9. The van der Waals surface area contributed by atoms with E-state index in [2.05, 4.69) is 5.32 Å². The molecule has 0 aliphatic heterocycles. The van der Waals surface area contributed by atoms with E-state index in [0.29, 0.717) is 30.7 Å². The van der Waals surface area contributed by atoms with E-state index in [1.54, 1.807) is 25.3 Å². The Labute approximate surface area is 163 Å². The molecule has 0 saturated heterocycles. The number of rotatable bonds is 7. The second-order valence-corrected chi connectivity index (χ2v) is 6.97. The molecule has 5 nitrogen and oxygen atoms in total. The molecule has 0 heterocycles. The van der Waals surface area contributed by atoms with E-state index in [9.17, 15) is 14.0 Å². The lowest BCUT2D eigenvalue weighted by atomic mass is 9.78. The first kappa shape index (κ1) is 19.9. The third kappa shape index (κ3) is 4.32. The minimum Gasteiger partial charge on any atom is -0.497 e. The van der Waals surface area contributed by atoms with E-state index in [1.165, 1.54) is 6.07 Å². The Bertz CT molecular complexity index is 846. The Balaban J connectivity index is 1.59. The number of esters is 1. The smallest absolute Gasteiger partial charge is 0.317 e. The van der Waals surface area contributed by atoms with E-state index in [-0.39, 0.29) is 6.61 Å². The summed E-state index contributed by atoms with van der Waals surface area (Å²) in [5.41, 5.74) is 0.227. The molecule has 1 fully saturated rings. The highest BCUT2D eigenvalue weighted by Crippen LogP contribution is 2.43. The lowest BCUT2D eigenvalue weighted by Crippen LogP contribution is -2.38. The molecule has 0 aromatic heterocycles. The van der Waals surface area contributed by atoms with Crippen molar-refractivity contribution in [2.75, 3.05) is 13.7 Å². The molecule has 1 saturated carbocycles. The zero-order valence-electron chi connectivity index (χ0n) is 15.9. The molecule has 0 atom stereocenters. The first-order chi connectivity index (χ1) is 13.5. The van der Waals surface area contributed by atoms with Crippen molar-refractivity contribution in [2.45, 2.75) is 37.6 Å². The van der Waals surface area contributed by atoms with Crippen LogP contribution in [0.5, 0.6) is 5.75 Å². The Morgan fingerprint density at radius 2 is 1.86 bits per heavy atom. The maximum Gasteiger partial charge on any atom is 0.317 e. The molecular weight excluding hydrogens is 361 g/mol. The van der Waals surface area contributed by atoms with E-state index in [0.717, 1.165) is 18.4 Å². The van der Waals surface area contributed by atoms with Gasteiger partial charge in [0.1, 0.15) is 11.6 Å². The zero-order valence-corrected chi connectivity index (χ0v) is 15.9. The molecule has 0 radical (unpaired) electrons. The minimum atomic E-state index is -1.00. The zero-order chi connectivity index (χ0) is 20.0. The summed E-state index contributed by atoms with van der Waals surface area (Å²) < 4.78 is 24.8. The summed E-state index contributed by atoms with van der Waals surface area (Å²) in [6.07, 6.45) is 2.70. The van der Waals surface area contributed by atoms with Crippen molar-refractivity contribution in [2.24, 2.45) is 0 Å². The maximum atomic E-state index is 14.3. The molecule has 6 heteroatoms. The van der Waals surface area contributed by atoms with Crippen LogP contribution in [0.15, 0.2) is 48.5 Å². The van der Waals surface area contributed by atoms with Gasteiger partial charge in [0.15, 0.2) is 6.61 Å². The van der Waals surface area contributed by atoms with Crippen LogP contribution >= 0.6 is 0 Å². The van der Waals surface area contributed by atoms with Crippen LogP contribution in [0.3, 0.4) is 0 Å². The topological polar surface area (TPSA) is 64.6 Å². The number of ether oxygens (including phenoxy) is 2. The summed E-state index contributed by atoms with van der Waals surface area (Å²) in [5.74, 6) is -0.653. The molecule has 1 N–H and O–H groups in total. The third-order valence-corrected chi connectivity index (χ3v) is 5.20. The fourth-order valence-corrected chi connectivity index (χ4v) is 3.71. The lowest BCUT2D eigenvalue weighted by Gasteiger charge is -2.27. The van der Waals surface area contributed by atoms with Crippen LogP contribution in [-0.2, 0) is 26.3 Å². The van der Waals surface area contributed by atoms with Crippen molar-refractivity contribution >= 4 is 11.9 Å². The van der Waals surface area contributed by atoms with Gasteiger partial charge in [0.2, 0.25) is 0 Å². The van der Waals surface area contributed by atoms with Crippen molar-refractivity contribution in [1.82, 2.24) is 5.32 Å². The van der Waals surface area contributed by atoms with Gasteiger partial charge in [0, 0.05) is 12.1 Å². The second kappa shape index (κ2) is 8.87. The van der Waals surface area contributed by atoms with Gasteiger partial charge < -0.3 is 14.8 Å². The van der Waals surface area contributed by atoms with Gasteiger partial charge in [0.25, 0.3) is 5.91 Å². The second-order valence-electron chi connectivity index (χ2n) is 6.97. The normalized spacial score (nSPS) is 15.1. The van der Waals surface area contributed by atoms with Crippen LogP contribution in [0.1, 0.15) is 36.8 Å². The average molecular weight is 385 g/mol. The maximum absolute atomic E-state index is 14.3. The van der Waals surface area contributed by atoms with Crippen LogP contribution in [-0.4, -0.2) is 25.6 Å². The minimum absolute atomic E-state index is 0.298. The summed E-state index contributed by atoms with van der Waals surface area (Å²) in [7, 11) is 1.57. The highest BCUT2D eigenvalue weighted by atomic mass is 19.1. The SMILES string of the molecule is COc1cccc(CNC(=O)COC(=O)C2(c3ccccc3F)CCCC2)c1. The van der Waals surface area contributed by atoms with E-state index >= 15 is 0 Å². The molecule has 3 rings (SSSR count). The number of carbonyl (C=O) groups excluding carboxylic acids is 2. The van der Waals surface area contributed by atoms with E-state index < -0.39 is 23.1 Å². The number of amides is 1. The number of hydrogen-bond acceptors (Lipinski definition) is 4. The molecule has 1 amide bonds. The molecule has 0 spiro atoms. The Morgan fingerprint density at radius 1 is 1.11 bits per heavy atom. The molecule has 2 aromatic rings. The van der Waals surface area contributed by atoms with Gasteiger partial charge >= 0.3 is 5.97 Å². The standard InChI is InChI=1S/C22H24FNO4/c1-27-17-8-6-7-16(13-17)14-24-20(25)15-28-21(26)22(11-4-5-12-22)18-9-2-3-10-19(18)23/h2-3,6-10,13H,4-5,11-12,14-15H2,1H3,(H,24,25). The van der Waals surface area contributed by atoms with Gasteiger partial charge in [0.05, 0.1) is 12.5 Å². The Morgan fingerprint density at radius 3 is 2.57 bits per heavy atom. The molecule has 2 aromatic carbocycles. The number of nitrogens with one attached hydrogen (secondary N) is 1. The summed E-state index contributed by atoms with van der Waals surface area (Å²) in [6, 6.07) is 13.6. The van der Waals surface area contributed by atoms with Gasteiger partial charge in [-0.25, -0.2) is 4.39 Å². The average Bonchev–Trinajstić information content (AvgIpc) is 3.22. The van der Waals surface area contributed by atoms with Crippen molar-refractivity contribution in [1.29, 1.82) is 0 Å². The van der Waals surface area contributed by atoms with Crippen LogP contribution in [0.25, 0.3) is 0 Å². The van der Waals surface area contributed by atoms with Crippen molar-refractivity contribution in [3.05, 3.63) is 65.5 Å². The van der Waals surface area contributed by atoms with Gasteiger partial charge in [-0.15, -0.1) is 0 Å². The Hall–Kier alpha value is -2.89. The van der Waals surface area contributed by atoms with Crippen molar-refractivity contribution in [3.63, 3.8) is 0 Å². The molecule has 0 unspecified atom stereocenters. The third-order valence-electron chi connectivity index (χ3n) is 5.20. The first-order valence-corrected chi connectivity index (χ1v) is 9.37. The number of methoxy groups -OCH3 is 1. The van der Waals surface area contributed by atoms with E-state index in [4.69, 9.17) is 9.47 Å². The highest BCUT2D eigenvalue weighted by Gasteiger charge is 2.45. The largest absolute Gasteiger partial charge is 0.497 e. The number of benzene rings is 2. The number of hydrogen-bond donors (Lipinski definition) is 1. The van der Waals surface area contributed by atoms with Crippen LogP contribution in [0, 0.1) is 5.82 Å². The van der Waals surface area contributed by atoms with Crippen LogP contribution in [0.4, 0.5) is 4.39 Å². The monoisotopic (exact) mass is 385 g/mol. The van der Waals surface area contributed by atoms with Crippen LogP contribution < -0.4 is 10.1 Å². The number of halogens is 1. The van der Waals surface area contributed by atoms with E-state index in [1.807, 2.05) is 24.3 Å². The van der Waals surface area contributed by atoms with Crippen molar-refractivity contribution < 1.29 is 23.5 Å². The fourth-order valence-electron chi connectivity index (χ4n) is 3.71. The molecule has 1 aliphatic rings. The molecule has 1 aliphatic carbocycles. The number of carbonyl (C=O) groups is 2. The molecule has 148 valence electrons. The first-order valence-electron chi connectivity index (χ1n) is 9.37. The lowest BCUT2D eigenvalue weighted by molar-refractivity contribution is -0.154. The van der Waals surface area contributed by atoms with Gasteiger partial charge in [-0.1, -0.05) is 43.2 Å². The predicted octanol–water partition coefficient (Wildman–Crippen LogP) is 3.51. The summed E-state index contributed by atoms with van der Waals surface area (Å²) in [6.45, 7) is -0.0922. The quantitative estimate of drug-likeness (QED) is 0.741. The van der Waals surface area contributed by atoms with Crippen LogP contribution in [0.2, 0.25) is 0 Å². The summed E-state index contributed by atoms with van der Waals surface area (Å²) >= 11 is 0. The van der Waals surface area contributed by atoms with Gasteiger partial charge in [-0.2, -0.15) is 0 Å². The molecule has 28 heavy (non-hydrogen) atoms. The Kier molecular flexibility index (Phi) is 6.29. The summed E-state index contributed by atoms with van der Waals surface area (Å²) in [5, 5.41) is 2.71. The highest BCUT2D eigenvalue weighted by molar-refractivity contribution is 5.86. The molecular formula is C22H24FNO4. The van der Waals surface area contributed by atoms with Crippen molar-refractivity contribution in [3.8, 4) is 5.75 Å². The predicted molar refractivity (Wildman–Crippen MR) is 102 cm³/mol. The van der Waals surface area contributed by atoms with Gasteiger partial charge in [-0.3, -0.25) is 9.59 Å². The molecule has 0 bridgehead atoms. The van der Waals surface area contributed by atoms with Gasteiger partial charge in [-0.05, 0) is 36.6 Å². The fraction of sp³-hybridized carbons (Fsp3) is 0.364.